The maximum Gasteiger partial charge on any atom is 0.503 e. The van der Waals surface area contributed by atoms with E-state index in [1.54, 1.807) is 21.3 Å². The first-order valence-corrected chi connectivity index (χ1v) is 14.4. The monoisotopic (exact) mass is 448 g/mol. The quantitative estimate of drug-likeness (QED) is 0.0766. The Balaban J connectivity index is 4.12. The Kier molecular flexibility index (Phi) is 20.1. The molecule has 0 radical (unpaired) electrons. The van der Waals surface area contributed by atoms with Gasteiger partial charge in [-0.05, 0) is 44.4 Å². The van der Waals surface area contributed by atoms with Crippen molar-refractivity contribution in [3.63, 3.8) is 0 Å². The second-order valence-corrected chi connectivity index (χ2v) is 11.7. The van der Waals surface area contributed by atoms with Crippen LogP contribution in [0.5, 0.6) is 0 Å². The number of halogens is 1. The molecule has 2 atom stereocenters. The second-order valence-electron chi connectivity index (χ2n) is 8.13. The minimum absolute atomic E-state index is 0.318. The summed E-state index contributed by atoms with van der Waals surface area (Å²) < 4.78 is 17.3. The van der Waals surface area contributed by atoms with Crippen LogP contribution in [-0.2, 0) is 13.3 Å². The molecule has 29 heavy (non-hydrogen) atoms. The van der Waals surface area contributed by atoms with Crippen molar-refractivity contribution in [1.82, 2.24) is 0 Å². The van der Waals surface area contributed by atoms with Crippen molar-refractivity contribution in [1.29, 1.82) is 0 Å². The van der Waals surface area contributed by atoms with E-state index in [0.717, 1.165) is 12.8 Å². The predicted octanol–water partition coefficient (Wildman–Crippen LogP) is 8.15. The minimum Gasteiger partial charge on any atom is -0.377 e. The molecule has 0 heterocycles. The molecule has 0 aromatic carbocycles. The fourth-order valence-corrected chi connectivity index (χ4v) is 7.49. The summed E-state index contributed by atoms with van der Waals surface area (Å²) in [5, 5.41) is 0. The van der Waals surface area contributed by atoms with Crippen LogP contribution in [0.15, 0.2) is 12.2 Å². The van der Waals surface area contributed by atoms with Crippen molar-refractivity contribution in [3.05, 3.63) is 12.2 Å². The van der Waals surface area contributed by atoms with E-state index in [9.17, 15) is 0 Å². The summed E-state index contributed by atoms with van der Waals surface area (Å²) in [6, 6.07) is 0. The first-order valence-electron chi connectivity index (χ1n) is 12.0. The van der Waals surface area contributed by atoms with Crippen LogP contribution < -0.4 is 0 Å². The lowest BCUT2D eigenvalue weighted by molar-refractivity contribution is 0.0980. The Labute approximate surface area is 188 Å². The van der Waals surface area contributed by atoms with Gasteiger partial charge in [-0.3, -0.25) is 0 Å². The molecule has 0 aliphatic carbocycles. The summed E-state index contributed by atoms with van der Waals surface area (Å²) in [7, 11) is 2.54. The van der Waals surface area contributed by atoms with Gasteiger partial charge in [0.2, 0.25) is 0 Å². The SMILES string of the molecule is CCCCCCCC/C=C\CCCCCC(CCCl)C(CC)[Si](OC)(OC)OC. The van der Waals surface area contributed by atoms with Gasteiger partial charge in [-0.25, -0.2) is 0 Å². The van der Waals surface area contributed by atoms with Crippen LogP contribution in [0.1, 0.15) is 104 Å². The van der Waals surface area contributed by atoms with Gasteiger partial charge >= 0.3 is 8.80 Å². The molecule has 0 N–H and O–H groups in total. The van der Waals surface area contributed by atoms with Gasteiger partial charge in [-0.15, -0.1) is 11.6 Å². The van der Waals surface area contributed by atoms with Crippen LogP contribution in [0.4, 0.5) is 0 Å². The molecule has 0 aromatic heterocycles. The van der Waals surface area contributed by atoms with E-state index < -0.39 is 8.80 Å². The van der Waals surface area contributed by atoms with E-state index in [1.165, 1.54) is 77.0 Å². The predicted molar refractivity (Wildman–Crippen MR) is 130 cm³/mol. The van der Waals surface area contributed by atoms with Gasteiger partial charge in [0.1, 0.15) is 0 Å². The maximum absolute atomic E-state index is 6.12. The van der Waals surface area contributed by atoms with Gasteiger partial charge in [-0.1, -0.05) is 77.4 Å². The molecular formula is C24H49ClO3Si. The lowest BCUT2D eigenvalue weighted by atomic mass is 9.93. The molecule has 0 aliphatic heterocycles. The number of alkyl halides is 1. The molecule has 0 aliphatic rings. The zero-order valence-corrected chi connectivity index (χ0v) is 21.8. The Morgan fingerprint density at radius 3 is 1.72 bits per heavy atom. The van der Waals surface area contributed by atoms with Crippen molar-refractivity contribution in [2.45, 2.75) is 109 Å². The van der Waals surface area contributed by atoms with Gasteiger partial charge in [0.05, 0.1) is 0 Å². The molecule has 0 saturated carbocycles. The third-order valence-corrected chi connectivity index (χ3v) is 9.85. The lowest BCUT2D eigenvalue weighted by Gasteiger charge is -2.37. The molecule has 0 saturated heterocycles. The number of unbranched alkanes of at least 4 members (excludes halogenated alkanes) is 9. The van der Waals surface area contributed by atoms with Crippen molar-refractivity contribution in [3.8, 4) is 0 Å². The summed E-state index contributed by atoms with van der Waals surface area (Å²) in [6.45, 7) is 4.48. The molecule has 0 fully saturated rings. The Morgan fingerprint density at radius 2 is 1.24 bits per heavy atom. The number of rotatable bonds is 21. The van der Waals surface area contributed by atoms with Crippen molar-refractivity contribution >= 4 is 20.4 Å². The Morgan fingerprint density at radius 1 is 0.724 bits per heavy atom. The molecular weight excluding hydrogens is 400 g/mol. The van der Waals surface area contributed by atoms with E-state index in [-0.39, 0.29) is 0 Å². The molecule has 0 rings (SSSR count). The maximum atomic E-state index is 6.12. The zero-order chi connectivity index (χ0) is 21.8. The third kappa shape index (κ3) is 12.5. The zero-order valence-electron chi connectivity index (χ0n) is 20.0. The molecule has 2 unspecified atom stereocenters. The van der Waals surface area contributed by atoms with E-state index in [1.807, 2.05) is 0 Å². The summed E-state index contributed by atoms with van der Waals surface area (Å²) in [4.78, 5) is 0. The molecule has 3 nitrogen and oxygen atoms in total. The Hall–Kier alpha value is 0.127. The smallest absolute Gasteiger partial charge is 0.377 e. The van der Waals surface area contributed by atoms with Crippen LogP contribution >= 0.6 is 11.6 Å². The highest BCUT2D eigenvalue weighted by atomic mass is 35.5. The summed E-state index contributed by atoms with van der Waals surface area (Å²) in [6.07, 6.45) is 22.5. The van der Waals surface area contributed by atoms with Crippen LogP contribution in [-0.4, -0.2) is 36.0 Å². The van der Waals surface area contributed by atoms with Gasteiger partial charge in [0.25, 0.3) is 0 Å². The van der Waals surface area contributed by atoms with Gasteiger partial charge in [-0.2, -0.15) is 0 Å². The standard InChI is InChI=1S/C24H49ClO3Si/c1-6-8-9-10-11-12-13-14-15-16-17-18-19-20-23(21-22-25)24(7-2)29(26-3,27-4)28-5/h14-15,23-24H,6-13,16-22H2,1-5H3/b15-14-. The molecule has 5 heteroatoms. The molecule has 0 aromatic rings. The van der Waals surface area contributed by atoms with Crippen LogP contribution in [0.3, 0.4) is 0 Å². The van der Waals surface area contributed by atoms with E-state index >= 15 is 0 Å². The van der Waals surface area contributed by atoms with E-state index in [2.05, 4.69) is 26.0 Å². The Bertz CT molecular complexity index is 367. The third-order valence-electron chi connectivity index (χ3n) is 6.13. The number of hydrogen-bond donors (Lipinski definition) is 0. The van der Waals surface area contributed by atoms with Gasteiger partial charge in [0.15, 0.2) is 0 Å². The van der Waals surface area contributed by atoms with Gasteiger partial charge < -0.3 is 13.3 Å². The highest BCUT2D eigenvalue weighted by molar-refractivity contribution is 6.62. The minimum atomic E-state index is -2.62. The average Bonchev–Trinajstić information content (AvgIpc) is 2.75. The fraction of sp³-hybridized carbons (Fsp3) is 0.917. The molecule has 0 amide bonds. The van der Waals surface area contributed by atoms with Gasteiger partial charge in [0, 0.05) is 32.8 Å². The second kappa shape index (κ2) is 20.1. The highest BCUT2D eigenvalue weighted by Gasteiger charge is 2.49. The average molecular weight is 449 g/mol. The van der Waals surface area contributed by atoms with Crippen molar-refractivity contribution in [2.24, 2.45) is 5.92 Å². The van der Waals surface area contributed by atoms with E-state index in [0.29, 0.717) is 17.3 Å². The van der Waals surface area contributed by atoms with Crippen molar-refractivity contribution in [2.75, 3.05) is 27.2 Å². The molecule has 174 valence electrons. The lowest BCUT2D eigenvalue weighted by Crippen LogP contribution is -2.50. The topological polar surface area (TPSA) is 27.7 Å². The number of hydrogen-bond acceptors (Lipinski definition) is 3. The summed E-state index contributed by atoms with van der Waals surface area (Å²) in [5.41, 5.74) is 0.318. The van der Waals surface area contributed by atoms with Crippen molar-refractivity contribution < 1.29 is 13.3 Å². The first-order chi connectivity index (χ1) is 14.2. The fourth-order valence-electron chi connectivity index (χ4n) is 4.39. The summed E-state index contributed by atoms with van der Waals surface area (Å²) in [5.74, 6) is 1.19. The molecule has 0 spiro atoms. The van der Waals surface area contributed by atoms with Crippen LogP contribution in [0.25, 0.3) is 0 Å². The van der Waals surface area contributed by atoms with Crippen LogP contribution in [0.2, 0.25) is 5.54 Å². The largest absolute Gasteiger partial charge is 0.503 e. The highest BCUT2D eigenvalue weighted by Crippen LogP contribution is 2.39. The van der Waals surface area contributed by atoms with E-state index in [4.69, 9.17) is 24.9 Å². The van der Waals surface area contributed by atoms with Crippen LogP contribution in [0, 0.1) is 5.92 Å². The summed E-state index contributed by atoms with van der Waals surface area (Å²) >= 11 is 6.12. The molecule has 0 bridgehead atoms. The number of allylic oxidation sites excluding steroid dienone is 2. The normalized spacial score (nSPS) is 14.6. The first kappa shape index (κ1) is 29.1.